The predicted octanol–water partition coefficient (Wildman–Crippen LogP) is 1.63. The molecule has 0 saturated carbocycles. The minimum Gasteiger partial charge on any atom is -0.133 e. The fourth-order valence-electron chi connectivity index (χ4n) is 0.570. The molecule has 0 rings (SSSR count). The highest BCUT2D eigenvalue weighted by molar-refractivity contribution is 7.36. The van der Waals surface area contributed by atoms with Crippen LogP contribution in [0.4, 0.5) is 0 Å². The molecule has 1 unspecified atom stereocenters. The second-order valence-electron chi connectivity index (χ2n) is 1.56. The summed E-state index contributed by atoms with van der Waals surface area (Å²) < 4.78 is 17.2. The van der Waals surface area contributed by atoms with Gasteiger partial charge in [0.15, 0.2) is 0 Å². The largest absolute Gasteiger partial charge is 0.615 e. The van der Waals surface area contributed by atoms with Crippen LogP contribution in [0.5, 0.6) is 0 Å². The van der Waals surface area contributed by atoms with Gasteiger partial charge >= 0.3 is 8.18 Å². The summed E-state index contributed by atoms with van der Waals surface area (Å²) >= 11 is 0. The molecule has 0 amide bonds. The van der Waals surface area contributed by atoms with Crippen molar-refractivity contribution in [3.05, 3.63) is 0 Å². The molecule has 54 valence electrons. The maximum atomic E-state index is 10.8. The molecule has 0 aliphatic heterocycles. The third kappa shape index (κ3) is 2.89. The summed E-state index contributed by atoms with van der Waals surface area (Å²) in [6.45, 7) is 5.46. The highest BCUT2D eigenvalue weighted by atomic mass is 31.1. The second kappa shape index (κ2) is 4.86. The number of hydrogen-bond acceptors (Lipinski definition) is 2. The lowest BCUT2D eigenvalue weighted by molar-refractivity contribution is 0.341. The van der Waals surface area contributed by atoms with Crippen molar-refractivity contribution in [3.8, 4) is 0 Å². The van der Waals surface area contributed by atoms with Crippen LogP contribution in [0.2, 0.25) is 0 Å². The van der Waals surface area contributed by atoms with E-state index < -0.39 is 8.18 Å². The van der Waals surface area contributed by atoms with Crippen LogP contribution in [0.1, 0.15) is 13.8 Å². The van der Waals surface area contributed by atoms with Gasteiger partial charge < -0.3 is 0 Å². The lowest BCUT2D eigenvalue weighted by atomic mass is 10.7. The Bertz CT molecular complexity index is 93.0. The molecule has 0 aliphatic rings. The van der Waals surface area contributed by atoms with Crippen LogP contribution in [-0.2, 0) is 9.09 Å². The van der Waals surface area contributed by atoms with Crippen molar-refractivity contribution in [2.45, 2.75) is 13.8 Å². The molecule has 9 heavy (non-hydrogen) atoms. The Morgan fingerprint density at radius 1 is 1.44 bits per heavy atom. The summed E-state index contributed by atoms with van der Waals surface area (Å²) in [5.74, 6) is 0. The van der Waals surface area contributed by atoms with E-state index in [2.05, 4.69) is 4.52 Å². The lowest BCUT2D eigenvalue weighted by Crippen LogP contribution is -2.13. The molecule has 0 aromatic rings. The maximum absolute atomic E-state index is 10.8. The van der Waals surface area contributed by atoms with E-state index in [4.69, 9.17) is 0 Å². The molecule has 0 aliphatic carbocycles. The Morgan fingerprint density at radius 2 is 1.89 bits per heavy atom. The summed E-state index contributed by atoms with van der Waals surface area (Å²) in [7, 11) is -0.103. The van der Waals surface area contributed by atoms with Crippen molar-refractivity contribution in [2.75, 3.05) is 20.2 Å². The molecule has 0 fully saturated rings. The molecule has 4 heteroatoms. The van der Waals surface area contributed by atoms with Gasteiger partial charge in [-0.1, -0.05) is 4.67 Å². The van der Waals surface area contributed by atoms with Crippen molar-refractivity contribution in [3.63, 3.8) is 0 Å². The fraction of sp³-hybridized carbons (Fsp3) is 1.00. The van der Waals surface area contributed by atoms with Gasteiger partial charge in [0.05, 0.1) is 7.11 Å². The van der Waals surface area contributed by atoms with Gasteiger partial charge in [0.25, 0.3) is 0 Å². The molecule has 0 heterocycles. The fourth-order valence-corrected chi connectivity index (χ4v) is 1.26. The van der Waals surface area contributed by atoms with E-state index in [0.29, 0.717) is 0 Å². The molecule has 0 spiro atoms. The van der Waals surface area contributed by atoms with E-state index >= 15 is 0 Å². The lowest BCUT2D eigenvalue weighted by Gasteiger charge is -1.99. The summed E-state index contributed by atoms with van der Waals surface area (Å²) in [4.78, 5) is 0. The second-order valence-corrected chi connectivity index (χ2v) is 2.97. The van der Waals surface area contributed by atoms with Crippen LogP contribution in [0.25, 0.3) is 0 Å². The first-order chi connectivity index (χ1) is 4.26. The Labute approximate surface area is 56.9 Å². The van der Waals surface area contributed by atoms with Crippen molar-refractivity contribution in [2.24, 2.45) is 0 Å². The molecule has 0 aromatic carbocycles. The van der Waals surface area contributed by atoms with E-state index in [9.17, 15) is 4.57 Å². The van der Waals surface area contributed by atoms with Crippen molar-refractivity contribution in [1.82, 2.24) is 4.67 Å². The van der Waals surface area contributed by atoms with E-state index in [-0.39, 0.29) is 0 Å². The molecular formula is C5H13NO2P+. The molecular weight excluding hydrogens is 137 g/mol. The Kier molecular flexibility index (Phi) is 4.87. The monoisotopic (exact) mass is 150 g/mol. The SMILES string of the molecule is CCN(CC)[P+](=O)OC. The van der Waals surface area contributed by atoms with E-state index in [1.54, 1.807) is 4.67 Å². The molecule has 0 saturated heterocycles. The Morgan fingerprint density at radius 3 is 2.00 bits per heavy atom. The van der Waals surface area contributed by atoms with Crippen LogP contribution in [0.3, 0.4) is 0 Å². The quantitative estimate of drug-likeness (QED) is 0.570. The normalized spacial score (nSPS) is 12.2. The highest BCUT2D eigenvalue weighted by Crippen LogP contribution is 2.25. The molecule has 3 nitrogen and oxygen atoms in total. The average Bonchev–Trinajstić information content (AvgIpc) is 1.90. The van der Waals surface area contributed by atoms with Gasteiger partial charge in [-0.3, -0.25) is 0 Å². The van der Waals surface area contributed by atoms with Gasteiger partial charge in [-0.15, -0.1) is 4.52 Å². The van der Waals surface area contributed by atoms with Gasteiger partial charge in [0, 0.05) is 13.1 Å². The zero-order valence-electron chi connectivity index (χ0n) is 6.13. The third-order valence-corrected chi connectivity index (χ3v) is 2.46. The first kappa shape index (κ1) is 9.02. The summed E-state index contributed by atoms with van der Waals surface area (Å²) in [6.07, 6.45) is 0. The zero-order valence-corrected chi connectivity index (χ0v) is 7.02. The van der Waals surface area contributed by atoms with Crippen molar-refractivity contribution >= 4 is 8.18 Å². The third-order valence-electron chi connectivity index (χ3n) is 1.12. The first-order valence-electron chi connectivity index (χ1n) is 3.02. The Hall–Kier alpha value is 0.0200. The minimum atomic E-state index is -1.56. The molecule has 0 N–H and O–H groups in total. The zero-order chi connectivity index (χ0) is 7.28. The summed E-state index contributed by atoms with van der Waals surface area (Å²) in [5.41, 5.74) is 0. The highest BCUT2D eigenvalue weighted by Gasteiger charge is 2.23. The van der Waals surface area contributed by atoms with Crippen molar-refractivity contribution in [1.29, 1.82) is 0 Å². The molecule has 1 atom stereocenters. The minimum absolute atomic E-state index is 0.777. The van der Waals surface area contributed by atoms with Gasteiger partial charge in [-0.05, 0) is 18.4 Å². The van der Waals surface area contributed by atoms with Crippen molar-refractivity contribution < 1.29 is 9.09 Å². The van der Waals surface area contributed by atoms with E-state index in [1.807, 2.05) is 13.8 Å². The van der Waals surface area contributed by atoms with E-state index in [1.165, 1.54) is 7.11 Å². The average molecular weight is 150 g/mol. The number of rotatable bonds is 4. The van der Waals surface area contributed by atoms with Crippen LogP contribution < -0.4 is 0 Å². The number of nitrogens with zero attached hydrogens (tertiary/aromatic N) is 1. The molecule has 0 bridgehead atoms. The van der Waals surface area contributed by atoms with Gasteiger partial charge in [0.1, 0.15) is 0 Å². The van der Waals surface area contributed by atoms with E-state index in [0.717, 1.165) is 13.1 Å². The van der Waals surface area contributed by atoms with Crippen LogP contribution >= 0.6 is 8.18 Å². The van der Waals surface area contributed by atoms with Gasteiger partial charge in [-0.25, -0.2) is 0 Å². The number of hydrogen-bond donors (Lipinski definition) is 0. The standard InChI is InChI=1S/C5H13NO2P/c1-4-6(5-2)9(7)8-3/h4-5H2,1-3H3/q+1. The predicted molar refractivity (Wildman–Crippen MR) is 37.5 cm³/mol. The Balaban J connectivity index is 3.64. The topological polar surface area (TPSA) is 29.5 Å². The smallest absolute Gasteiger partial charge is 0.133 e. The summed E-state index contributed by atoms with van der Waals surface area (Å²) in [6, 6.07) is 0. The first-order valence-corrected chi connectivity index (χ1v) is 4.15. The van der Waals surface area contributed by atoms with Gasteiger partial charge in [0.2, 0.25) is 0 Å². The maximum Gasteiger partial charge on any atom is 0.615 e. The summed E-state index contributed by atoms with van der Waals surface area (Å²) in [5, 5.41) is 0. The van der Waals surface area contributed by atoms with Crippen LogP contribution in [-0.4, -0.2) is 24.9 Å². The van der Waals surface area contributed by atoms with Gasteiger partial charge in [-0.2, -0.15) is 0 Å². The van der Waals surface area contributed by atoms with Crippen LogP contribution in [0.15, 0.2) is 0 Å². The van der Waals surface area contributed by atoms with Crippen LogP contribution in [0, 0.1) is 0 Å². The molecule has 0 radical (unpaired) electrons. The molecule has 0 aromatic heterocycles.